The standard InChI is InChI=1S/C22H14F4N2O/c23-18-12-6-14(7-13-18)19-21(29,16-8-10-17(11-9-16)22(24,25)26)28-20(27-19)15-4-2-1-3-5-15/h1-13,29H. The molecular formula is C22H14F4N2O. The lowest BCUT2D eigenvalue weighted by molar-refractivity contribution is -0.137. The third-order valence-electron chi connectivity index (χ3n) is 4.58. The molecule has 4 rings (SSSR count). The van der Waals surface area contributed by atoms with Gasteiger partial charge in [-0.15, -0.1) is 0 Å². The quantitative estimate of drug-likeness (QED) is 0.624. The van der Waals surface area contributed by atoms with Crippen molar-refractivity contribution in [2.45, 2.75) is 11.9 Å². The molecule has 0 spiro atoms. The van der Waals surface area contributed by atoms with E-state index in [1.165, 1.54) is 36.4 Å². The summed E-state index contributed by atoms with van der Waals surface area (Å²) in [6.45, 7) is 0. The van der Waals surface area contributed by atoms with Crippen LogP contribution in [0.5, 0.6) is 0 Å². The first-order valence-corrected chi connectivity index (χ1v) is 8.68. The molecule has 0 amide bonds. The second-order valence-corrected chi connectivity index (χ2v) is 6.52. The number of aliphatic hydroxyl groups is 1. The fourth-order valence-electron chi connectivity index (χ4n) is 3.10. The number of benzene rings is 3. The molecule has 1 unspecified atom stereocenters. The van der Waals surface area contributed by atoms with E-state index in [0.717, 1.165) is 12.1 Å². The predicted molar refractivity (Wildman–Crippen MR) is 101 cm³/mol. The first-order valence-electron chi connectivity index (χ1n) is 8.68. The highest BCUT2D eigenvalue weighted by atomic mass is 19.4. The molecule has 1 aliphatic rings. The molecule has 146 valence electrons. The lowest BCUT2D eigenvalue weighted by atomic mass is 9.93. The number of nitrogens with zero attached hydrogens (tertiary/aromatic N) is 2. The number of halogens is 4. The Balaban J connectivity index is 1.84. The van der Waals surface area contributed by atoms with E-state index in [2.05, 4.69) is 9.98 Å². The van der Waals surface area contributed by atoms with Crippen molar-refractivity contribution in [2.75, 3.05) is 0 Å². The van der Waals surface area contributed by atoms with Crippen LogP contribution in [-0.2, 0) is 11.9 Å². The largest absolute Gasteiger partial charge is 0.416 e. The van der Waals surface area contributed by atoms with Gasteiger partial charge in [0.05, 0.1) is 5.56 Å². The molecule has 3 aromatic rings. The Morgan fingerprint density at radius 1 is 0.759 bits per heavy atom. The van der Waals surface area contributed by atoms with Crippen LogP contribution in [0.4, 0.5) is 17.6 Å². The Kier molecular flexibility index (Phi) is 4.55. The fraction of sp³-hybridized carbons (Fsp3) is 0.0909. The number of aliphatic imine (C=N–C) groups is 2. The maximum Gasteiger partial charge on any atom is 0.416 e. The lowest BCUT2D eigenvalue weighted by Crippen LogP contribution is -2.32. The summed E-state index contributed by atoms with van der Waals surface area (Å²) in [5, 5.41) is 11.4. The number of rotatable bonds is 3. The van der Waals surface area contributed by atoms with E-state index >= 15 is 0 Å². The molecule has 0 aliphatic carbocycles. The van der Waals surface area contributed by atoms with E-state index in [1.807, 2.05) is 6.07 Å². The van der Waals surface area contributed by atoms with Crippen molar-refractivity contribution >= 4 is 11.5 Å². The first-order chi connectivity index (χ1) is 13.8. The van der Waals surface area contributed by atoms with Gasteiger partial charge in [-0.1, -0.05) is 54.6 Å². The van der Waals surface area contributed by atoms with E-state index in [4.69, 9.17) is 0 Å². The summed E-state index contributed by atoms with van der Waals surface area (Å²) in [5.74, 6) is -0.234. The molecule has 1 N–H and O–H groups in total. The zero-order valence-electron chi connectivity index (χ0n) is 14.9. The van der Waals surface area contributed by atoms with Gasteiger partial charge in [-0.25, -0.2) is 14.4 Å². The van der Waals surface area contributed by atoms with Crippen LogP contribution < -0.4 is 0 Å². The van der Waals surface area contributed by atoms with Gasteiger partial charge in [-0.05, 0) is 24.3 Å². The highest BCUT2D eigenvalue weighted by Crippen LogP contribution is 2.36. The van der Waals surface area contributed by atoms with Crippen LogP contribution in [0.1, 0.15) is 22.3 Å². The van der Waals surface area contributed by atoms with Gasteiger partial charge in [0.25, 0.3) is 0 Å². The summed E-state index contributed by atoms with van der Waals surface area (Å²) in [6, 6.07) is 18.3. The van der Waals surface area contributed by atoms with Crippen LogP contribution in [0.2, 0.25) is 0 Å². The number of alkyl halides is 3. The second kappa shape index (κ2) is 6.93. The highest BCUT2D eigenvalue weighted by molar-refractivity contribution is 6.20. The minimum absolute atomic E-state index is 0.108. The Morgan fingerprint density at radius 3 is 1.97 bits per heavy atom. The van der Waals surface area contributed by atoms with E-state index in [-0.39, 0.29) is 17.1 Å². The summed E-state index contributed by atoms with van der Waals surface area (Å²) >= 11 is 0. The summed E-state index contributed by atoms with van der Waals surface area (Å²) < 4.78 is 52.1. The van der Waals surface area contributed by atoms with Crippen molar-refractivity contribution < 1.29 is 22.7 Å². The van der Waals surface area contributed by atoms with Crippen LogP contribution in [0.3, 0.4) is 0 Å². The van der Waals surface area contributed by atoms with Crippen LogP contribution in [-0.4, -0.2) is 16.7 Å². The number of hydrogen-bond donors (Lipinski definition) is 1. The van der Waals surface area contributed by atoms with Crippen LogP contribution >= 0.6 is 0 Å². The van der Waals surface area contributed by atoms with Gasteiger partial charge in [0, 0.05) is 16.7 Å². The van der Waals surface area contributed by atoms with E-state index in [1.54, 1.807) is 24.3 Å². The average Bonchev–Trinajstić information content (AvgIpc) is 3.08. The SMILES string of the molecule is OC1(c2ccc(C(F)(F)F)cc2)N=C(c2ccccc2)N=C1c1ccc(F)cc1. The lowest BCUT2D eigenvalue weighted by Gasteiger charge is -2.23. The molecule has 29 heavy (non-hydrogen) atoms. The first kappa shape index (κ1) is 19.0. The Labute approximate surface area is 163 Å². The van der Waals surface area contributed by atoms with Crippen molar-refractivity contribution in [3.8, 4) is 0 Å². The maximum absolute atomic E-state index is 13.3. The van der Waals surface area contributed by atoms with E-state index in [0.29, 0.717) is 11.1 Å². The molecule has 0 saturated carbocycles. The third-order valence-corrected chi connectivity index (χ3v) is 4.58. The van der Waals surface area contributed by atoms with Gasteiger partial charge in [0.2, 0.25) is 5.72 Å². The zero-order chi connectivity index (χ0) is 20.6. The van der Waals surface area contributed by atoms with Crippen molar-refractivity contribution in [3.05, 3.63) is 107 Å². The van der Waals surface area contributed by atoms with Crippen LogP contribution in [0, 0.1) is 5.82 Å². The molecule has 0 saturated heterocycles. The molecule has 1 atom stereocenters. The minimum atomic E-state index is -4.50. The monoisotopic (exact) mass is 398 g/mol. The van der Waals surface area contributed by atoms with Crippen molar-refractivity contribution in [2.24, 2.45) is 9.98 Å². The Hall–Kier alpha value is -3.32. The molecule has 0 fully saturated rings. The van der Waals surface area contributed by atoms with Gasteiger partial charge in [-0.3, -0.25) is 0 Å². The summed E-state index contributed by atoms with van der Waals surface area (Å²) in [7, 11) is 0. The van der Waals surface area contributed by atoms with Crippen LogP contribution in [0.15, 0.2) is 88.8 Å². The second-order valence-electron chi connectivity index (χ2n) is 6.52. The maximum atomic E-state index is 13.3. The zero-order valence-corrected chi connectivity index (χ0v) is 14.9. The van der Waals surface area contributed by atoms with Gasteiger partial charge in [-0.2, -0.15) is 13.2 Å². The van der Waals surface area contributed by atoms with Gasteiger partial charge >= 0.3 is 6.18 Å². The molecule has 0 aromatic heterocycles. The van der Waals surface area contributed by atoms with Gasteiger partial charge in [0.15, 0.2) is 5.84 Å². The van der Waals surface area contributed by atoms with E-state index < -0.39 is 23.3 Å². The Morgan fingerprint density at radius 2 is 1.38 bits per heavy atom. The number of amidine groups is 1. The van der Waals surface area contributed by atoms with Crippen molar-refractivity contribution in [1.29, 1.82) is 0 Å². The molecule has 1 heterocycles. The number of hydrogen-bond acceptors (Lipinski definition) is 3. The normalized spacial score (nSPS) is 19.1. The highest BCUT2D eigenvalue weighted by Gasteiger charge is 2.41. The minimum Gasteiger partial charge on any atom is -0.361 e. The average molecular weight is 398 g/mol. The molecule has 3 nitrogen and oxygen atoms in total. The molecule has 7 heteroatoms. The molecule has 1 aliphatic heterocycles. The van der Waals surface area contributed by atoms with Crippen molar-refractivity contribution in [3.63, 3.8) is 0 Å². The van der Waals surface area contributed by atoms with Gasteiger partial charge in [0.1, 0.15) is 11.5 Å². The predicted octanol–water partition coefficient (Wildman–Crippen LogP) is 4.94. The van der Waals surface area contributed by atoms with Crippen molar-refractivity contribution in [1.82, 2.24) is 0 Å². The molecule has 0 radical (unpaired) electrons. The summed E-state index contributed by atoms with van der Waals surface area (Å²) in [5.41, 5.74) is -1.57. The van der Waals surface area contributed by atoms with E-state index in [9.17, 15) is 22.7 Å². The summed E-state index contributed by atoms with van der Waals surface area (Å²) in [4.78, 5) is 8.76. The smallest absolute Gasteiger partial charge is 0.361 e. The van der Waals surface area contributed by atoms with Gasteiger partial charge < -0.3 is 5.11 Å². The van der Waals surface area contributed by atoms with Crippen LogP contribution in [0.25, 0.3) is 0 Å². The third kappa shape index (κ3) is 3.56. The fourth-order valence-corrected chi connectivity index (χ4v) is 3.10. The molecule has 3 aromatic carbocycles. The topological polar surface area (TPSA) is 45.0 Å². The Bertz CT molecular complexity index is 1090. The summed E-state index contributed by atoms with van der Waals surface area (Å²) in [6.07, 6.45) is -4.50. The molecule has 0 bridgehead atoms. The molecular weight excluding hydrogens is 384 g/mol.